The molecule has 0 aliphatic rings. The van der Waals surface area contributed by atoms with Crippen LogP contribution in [0.3, 0.4) is 0 Å². The van der Waals surface area contributed by atoms with Gasteiger partial charge >= 0.3 is 7.82 Å². The molecule has 0 bridgehead atoms. The highest BCUT2D eigenvalue weighted by molar-refractivity contribution is 7.49. The molecule has 0 atom stereocenters. The van der Waals surface area contributed by atoms with Crippen molar-refractivity contribution in [1.82, 2.24) is 0 Å². The van der Waals surface area contributed by atoms with E-state index in [0.717, 1.165) is 34.2 Å². The lowest BCUT2D eigenvalue weighted by atomic mass is 10.1. The van der Waals surface area contributed by atoms with Gasteiger partial charge in [0.1, 0.15) is 17.2 Å². The fraction of sp³-hybridized carbons (Fsp3) is 0.250. The summed E-state index contributed by atoms with van der Waals surface area (Å²) >= 11 is 0. The van der Waals surface area contributed by atoms with Gasteiger partial charge in [-0.05, 0) is 75.1 Å². The molecule has 5 heteroatoms. The van der Waals surface area contributed by atoms with E-state index < -0.39 is 7.82 Å². The average molecular weight is 410 g/mol. The molecule has 0 unspecified atom stereocenters. The first kappa shape index (κ1) is 21.0. The zero-order valence-corrected chi connectivity index (χ0v) is 18.5. The molecule has 0 spiro atoms. The van der Waals surface area contributed by atoms with Crippen LogP contribution in [-0.4, -0.2) is 0 Å². The third kappa shape index (κ3) is 5.42. The number of benzene rings is 3. The molecule has 0 aliphatic carbocycles. The molecule has 3 aromatic rings. The maximum atomic E-state index is 13.7. The number of rotatable bonds is 7. The third-order valence-corrected chi connectivity index (χ3v) is 5.91. The van der Waals surface area contributed by atoms with Gasteiger partial charge < -0.3 is 13.6 Å². The lowest BCUT2D eigenvalue weighted by molar-refractivity contribution is 0.297. The highest BCUT2D eigenvalue weighted by Crippen LogP contribution is 2.51. The molecule has 3 rings (SSSR count). The maximum Gasteiger partial charge on any atom is 0.647 e. The van der Waals surface area contributed by atoms with Crippen LogP contribution in [0.1, 0.15) is 34.7 Å². The molecule has 0 N–H and O–H groups in total. The second kappa shape index (κ2) is 8.75. The van der Waals surface area contributed by atoms with E-state index >= 15 is 0 Å². The molecule has 0 saturated heterocycles. The second-order valence-corrected chi connectivity index (χ2v) is 8.70. The standard InChI is InChI=1S/C24H27O4P/c1-6-21-9-11-22(12-10-21)26-29(25,27-23-13-7-17(2)15-19(23)4)28-24-14-8-18(3)16-20(24)5/h7-16H,6H2,1-5H3. The lowest BCUT2D eigenvalue weighted by Gasteiger charge is -2.21. The Hall–Kier alpha value is -2.71. The minimum atomic E-state index is -3.99. The smallest absolute Gasteiger partial charge is 0.386 e. The summed E-state index contributed by atoms with van der Waals surface area (Å²) in [7, 11) is -3.99. The van der Waals surface area contributed by atoms with Gasteiger partial charge in [0, 0.05) is 0 Å². The van der Waals surface area contributed by atoms with Crippen LogP contribution in [0.5, 0.6) is 17.2 Å². The SMILES string of the molecule is CCc1ccc(OP(=O)(Oc2ccc(C)cc2C)Oc2ccc(C)cc2C)cc1. The lowest BCUT2D eigenvalue weighted by Crippen LogP contribution is -2.09. The normalized spacial score (nSPS) is 11.2. The minimum absolute atomic E-state index is 0.431. The van der Waals surface area contributed by atoms with Crippen molar-refractivity contribution in [2.45, 2.75) is 41.0 Å². The van der Waals surface area contributed by atoms with Crippen LogP contribution >= 0.6 is 7.82 Å². The molecule has 0 fully saturated rings. The van der Waals surface area contributed by atoms with E-state index in [4.69, 9.17) is 13.6 Å². The highest BCUT2D eigenvalue weighted by atomic mass is 31.2. The van der Waals surface area contributed by atoms with Gasteiger partial charge in [0.25, 0.3) is 0 Å². The molecule has 29 heavy (non-hydrogen) atoms. The molecule has 0 radical (unpaired) electrons. The molecule has 152 valence electrons. The summed E-state index contributed by atoms with van der Waals surface area (Å²) in [5, 5.41) is 0. The largest absolute Gasteiger partial charge is 0.647 e. The molecule has 0 amide bonds. The molecule has 0 aromatic heterocycles. The first-order valence-corrected chi connectivity index (χ1v) is 11.2. The van der Waals surface area contributed by atoms with Gasteiger partial charge in [-0.3, -0.25) is 0 Å². The summed E-state index contributed by atoms with van der Waals surface area (Å²) in [5.74, 6) is 1.36. The predicted molar refractivity (Wildman–Crippen MR) is 117 cm³/mol. The van der Waals surface area contributed by atoms with E-state index in [1.165, 1.54) is 0 Å². The Labute approximate surface area is 173 Å². The molecular weight excluding hydrogens is 383 g/mol. The fourth-order valence-electron chi connectivity index (χ4n) is 3.02. The van der Waals surface area contributed by atoms with Gasteiger partial charge in [0.05, 0.1) is 0 Å². The average Bonchev–Trinajstić information content (AvgIpc) is 2.67. The maximum absolute atomic E-state index is 13.7. The second-order valence-electron chi connectivity index (χ2n) is 7.26. The highest BCUT2D eigenvalue weighted by Gasteiger charge is 2.34. The van der Waals surface area contributed by atoms with E-state index in [1.807, 2.05) is 64.1 Å². The molecule has 0 heterocycles. The van der Waals surface area contributed by atoms with Crippen LogP contribution in [0.15, 0.2) is 60.7 Å². The van der Waals surface area contributed by atoms with Gasteiger partial charge in [-0.2, -0.15) is 4.57 Å². The number of hydrogen-bond donors (Lipinski definition) is 0. The Morgan fingerprint density at radius 3 is 1.59 bits per heavy atom. The van der Waals surface area contributed by atoms with Gasteiger partial charge in [-0.25, -0.2) is 0 Å². The molecule has 4 nitrogen and oxygen atoms in total. The number of aryl methyl sites for hydroxylation is 5. The molecular formula is C24H27O4P. The van der Waals surface area contributed by atoms with Crippen molar-refractivity contribution in [2.24, 2.45) is 0 Å². The van der Waals surface area contributed by atoms with Crippen LogP contribution in [0.4, 0.5) is 0 Å². The van der Waals surface area contributed by atoms with E-state index in [1.54, 1.807) is 24.3 Å². The Kier molecular flexibility index (Phi) is 6.34. The topological polar surface area (TPSA) is 44.8 Å². The van der Waals surface area contributed by atoms with Crippen LogP contribution in [0.25, 0.3) is 0 Å². The van der Waals surface area contributed by atoms with Crippen LogP contribution < -0.4 is 13.6 Å². The number of phosphoric ester groups is 1. The van der Waals surface area contributed by atoms with Gasteiger partial charge in [-0.1, -0.05) is 54.4 Å². The van der Waals surface area contributed by atoms with Crippen molar-refractivity contribution >= 4 is 7.82 Å². The van der Waals surface area contributed by atoms with Crippen molar-refractivity contribution < 1.29 is 18.1 Å². The van der Waals surface area contributed by atoms with Crippen LogP contribution in [-0.2, 0) is 11.0 Å². The summed E-state index contributed by atoms with van der Waals surface area (Å²) in [4.78, 5) is 0. The molecule has 0 aliphatic heterocycles. The van der Waals surface area contributed by atoms with Gasteiger partial charge in [-0.15, -0.1) is 0 Å². The van der Waals surface area contributed by atoms with E-state index in [9.17, 15) is 4.57 Å². The Morgan fingerprint density at radius 2 is 1.17 bits per heavy atom. The van der Waals surface area contributed by atoms with Gasteiger partial charge in [0.2, 0.25) is 0 Å². The van der Waals surface area contributed by atoms with E-state index in [2.05, 4.69) is 6.92 Å². The molecule has 3 aromatic carbocycles. The predicted octanol–water partition coefficient (Wildman–Crippen LogP) is 7.13. The first-order valence-electron chi connectivity index (χ1n) is 9.70. The molecule has 0 saturated carbocycles. The summed E-state index contributed by atoms with van der Waals surface area (Å²) in [5.41, 5.74) is 5.07. The van der Waals surface area contributed by atoms with Crippen LogP contribution in [0.2, 0.25) is 0 Å². The Morgan fingerprint density at radius 1 is 0.690 bits per heavy atom. The Balaban J connectivity index is 1.95. The monoisotopic (exact) mass is 410 g/mol. The Bertz CT molecular complexity index is 984. The third-order valence-electron chi connectivity index (χ3n) is 4.63. The van der Waals surface area contributed by atoms with E-state index in [0.29, 0.717) is 17.2 Å². The zero-order valence-electron chi connectivity index (χ0n) is 17.6. The number of phosphoric acid groups is 1. The van der Waals surface area contributed by atoms with Crippen molar-refractivity contribution in [2.75, 3.05) is 0 Å². The van der Waals surface area contributed by atoms with Crippen molar-refractivity contribution in [3.63, 3.8) is 0 Å². The van der Waals surface area contributed by atoms with Crippen molar-refractivity contribution in [1.29, 1.82) is 0 Å². The zero-order chi connectivity index (χ0) is 21.0. The minimum Gasteiger partial charge on any atom is -0.386 e. The van der Waals surface area contributed by atoms with Crippen LogP contribution in [0, 0.1) is 27.7 Å². The quantitative estimate of drug-likeness (QED) is 0.389. The summed E-state index contributed by atoms with van der Waals surface area (Å²) in [6.45, 7) is 9.87. The summed E-state index contributed by atoms with van der Waals surface area (Å²) in [6, 6.07) is 18.7. The fourth-order valence-corrected chi connectivity index (χ4v) is 4.40. The summed E-state index contributed by atoms with van der Waals surface area (Å²) in [6.07, 6.45) is 0.913. The van der Waals surface area contributed by atoms with Gasteiger partial charge in [0.15, 0.2) is 0 Å². The first-order chi connectivity index (χ1) is 13.8. The summed E-state index contributed by atoms with van der Waals surface area (Å²) < 4.78 is 31.2. The van der Waals surface area contributed by atoms with E-state index in [-0.39, 0.29) is 0 Å². The van der Waals surface area contributed by atoms with Crippen molar-refractivity contribution in [3.05, 3.63) is 88.5 Å². The number of hydrogen-bond acceptors (Lipinski definition) is 4. The van der Waals surface area contributed by atoms with Crippen molar-refractivity contribution in [3.8, 4) is 17.2 Å².